The van der Waals surface area contributed by atoms with E-state index in [1.54, 1.807) is 6.92 Å². The summed E-state index contributed by atoms with van der Waals surface area (Å²) in [6.45, 7) is 8.93. The van der Waals surface area contributed by atoms with Crippen molar-refractivity contribution in [3.63, 3.8) is 0 Å². The maximum Gasteiger partial charge on any atom is 0.280 e. The molecule has 2 atom stereocenters. The number of allylic oxidation sites excluding steroid dienone is 1. The second-order valence-electron chi connectivity index (χ2n) is 7.03. The zero-order valence-electron chi connectivity index (χ0n) is 15.6. The molecule has 0 saturated carbocycles. The van der Waals surface area contributed by atoms with E-state index < -0.39 is 10.7 Å². The molecular formula is C20H28FNO3. The number of nitro benzene ring substituents is 1. The van der Waals surface area contributed by atoms with E-state index in [9.17, 15) is 14.5 Å². The highest BCUT2D eigenvalue weighted by Gasteiger charge is 2.38. The Bertz CT molecular complexity index is 671. The summed E-state index contributed by atoms with van der Waals surface area (Å²) in [5, 5.41) is 11.4. The van der Waals surface area contributed by atoms with E-state index >= 15 is 0 Å². The van der Waals surface area contributed by atoms with Crippen molar-refractivity contribution < 1.29 is 14.1 Å². The van der Waals surface area contributed by atoms with Gasteiger partial charge in [-0.2, -0.15) is 0 Å². The van der Waals surface area contributed by atoms with Crippen LogP contribution in [0.25, 0.3) is 5.57 Å². The zero-order valence-corrected chi connectivity index (χ0v) is 15.6. The normalized spacial score (nSPS) is 21.7. The van der Waals surface area contributed by atoms with Gasteiger partial charge in [0.15, 0.2) is 0 Å². The molecule has 0 fully saturated rings. The van der Waals surface area contributed by atoms with Gasteiger partial charge in [-0.05, 0) is 55.7 Å². The Morgan fingerprint density at radius 3 is 2.64 bits per heavy atom. The van der Waals surface area contributed by atoms with Gasteiger partial charge in [-0.3, -0.25) is 10.1 Å². The summed E-state index contributed by atoms with van der Waals surface area (Å²) in [6, 6.07) is 2.39. The molecule has 0 aliphatic heterocycles. The molecule has 2 unspecified atom stereocenters. The van der Waals surface area contributed by atoms with Crippen LogP contribution in [0.4, 0.5) is 10.1 Å². The van der Waals surface area contributed by atoms with Crippen molar-refractivity contribution in [2.24, 2.45) is 5.92 Å². The second-order valence-corrected chi connectivity index (χ2v) is 7.03. The van der Waals surface area contributed by atoms with Crippen LogP contribution < -0.4 is 0 Å². The third kappa shape index (κ3) is 4.09. The van der Waals surface area contributed by atoms with E-state index in [0.717, 1.165) is 43.9 Å². The molecule has 0 saturated heterocycles. The number of halogens is 1. The molecule has 1 aromatic carbocycles. The Morgan fingerprint density at radius 1 is 1.40 bits per heavy atom. The van der Waals surface area contributed by atoms with Crippen LogP contribution in [0.15, 0.2) is 18.2 Å². The van der Waals surface area contributed by atoms with Crippen molar-refractivity contribution in [3.8, 4) is 0 Å². The molecule has 2 rings (SSSR count). The summed E-state index contributed by atoms with van der Waals surface area (Å²) in [6.07, 6.45) is 6.35. The van der Waals surface area contributed by atoms with Crippen molar-refractivity contribution in [2.45, 2.75) is 65.4 Å². The molecule has 0 N–H and O–H groups in total. The third-order valence-electron chi connectivity index (χ3n) is 5.41. The van der Waals surface area contributed by atoms with Crippen molar-refractivity contribution in [2.75, 3.05) is 6.61 Å². The predicted octanol–water partition coefficient (Wildman–Crippen LogP) is 5.82. The molecule has 25 heavy (non-hydrogen) atoms. The number of benzene rings is 1. The zero-order chi connectivity index (χ0) is 18.6. The van der Waals surface area contributed by atoms with Crippen LogP contribution in [0.3, 0.4) is 0 Å². The topological polar surface area (TPSA) is 52.4 Å². The fourth-order valence-corrected chi connectivity index (χ4v) is 3.76. The van der Waals surface area contributed by atoms with Gasteiger partial charge in [0.05, 0.1) is 22.2 Å². The van der Waals surface area contributed by atoms with Gasteiger partial charge in [-0.1, -0.05) is 33.3 Å². The summed E-state index contributed by atoms with van der Waals surface area (Å²) in [7, 11) is 0. The standard InChI is InChI=1S/C20H28FNO3/c1-5-11-25-20(15(4)6-2)9-7-16(8-10-20)19-14(3)12-17(21)13-18(19)22(23)24/h7,12-13,15H,5-6,8-11H2,1-4H3. The van der Waals surface area contributed by atoms with Crippen molar-refractivity contribution >= 4 is 11.3 Å². The number of aryl methyl sites for hydroxylation is 1. The lowest BCUT2D eigenvalue weighted by Crippen LogP contribution is -2.41. The molecule has 0 bridgehead atoms. The third-order valence-corrected chi connectivity index (χ3v) is 5.41. The highest BCUT2D eigenvalue weighted by atomic mass is 19.1. The van der Waals surface area contributed by atoms with Crippen LogP contribution in [0.1, 0.15) is 64.0 Å². The number of nitrogens with zero attached hydrogens (tertiary/aromatic N) is 1. The average molecular weight is 349 g/mol. The van der Waals surface area contributed by atoms with Crippen molar-refractivity contribution in [3.05, 3.63) is 45.3 Å². The lowest BCUT2D eigenvalue weighted by Gasteiger charge is -2.41. The minimum Gasteiger partial charge on any atom is -0.374 e. The van der Waals surface area contributed by atoms with E-state index in [1.165, 1.54) is 6.07 Å². The molecular weight excluding hydrogens is 321 g/mol. The first-order valence-corrected chi connectivity index (χ1v) is 9.12. The van der Waals surface area contributed by atoms with Gasteiger partial charge in [-0.25, -0.2) is 4.39 Å². The quantitative estimate of drug-likeness (QED) is 0.460. The molecule has 1 aliphatic rings. The fraction of sp³-hybridized carbons (Fsp3) is 0.600. The SMILES string of the molecule is CCCOC1(C(C)CC)CC=C(c2c(C)cc(F)cc2[N+](=O)[O-])CC1. The van der Waals surface area contributed by atoms with E-state index in [2.05, 4.69) is 26.8 Å². The predicted molar refractivity (Wildman–Crippen MR) is 98.0 cm³/mol. The van der Waals surface area contributed by atoms with Crippen LogP contribution in [0.2, 0.25) is 0 Å². The highest BCUT2D eigenvalue weighted by Crippen LogP contribution is 2.43. The van der Waals surface area contributed by atoms with Crippen LogP contribution in [0.5, 0.6) is 0 Å². The molecule has 0 aromatic heterocycles. The molecule has 5 heteroatoms. The van der Waals surface area contributed by atoms with Gasteiger partial charge in [-0.15, -0.1) is 0 Å². The second kappa shape index (κ2) is 8.09. The van der Waals surface area contributed by atoms with Gasteiger partial charge in [0.2, 0.25) is 0 Å². The fourth-order valence-electron chi connectivity index (χ4n) is 3.76. The Morgan fingerprint density at radius 2 is 2.12 bits per heavy atom. The monoisotopic (exact) mass is 349 g/mol. The number of rotatable bonds is 7. The minimum atomic E-state index is -0.565. The minimum absolute atomic E-state index is 0.144. The number of hydrogen-bond acceptors (Lipinski definition) is 3. The van der Waals surface area contributed by atoms with Gasteiger partial charge in [0, 0.05) is 6.61 Å². The molecule has 1 aromatic rings. The molecule has 0 spiro atoms. The summed E-state index contributed by atoms with van der Waals surface area (Å²) >= 11 is 0. The first kappa shape index (κ1) is 19.6. The Hall–Kier alpha value is -1.75. The van der Waals surface area contributed by atoms with Gasteiger partial charge in [0.25, 0.3) is 5.69 Å². The van der Waals surface area contributed by atoms with E-state index in [1.807, 2.05) is 0 Å². The maximum atomic E-state index is 13.6. The largest absolute Gasteiger partial charge is 0.374 e. The number of ether oxygens (including phenoxy) is 1. The maximum absolute atomic E-state index is 13.6. The Labute approximate surface area is 149 Å². The van der Waals surface area contributed by atoms with Crippen LogP contribution in [-0.4, -0.2) is 17.1 Å². The summed E-state index contributed by atoms with van der Waals surface area (Å²) in [5.74, 6) is -0.147. The first-order valence-electron chi connectivity index (χ1n) is 9.12. The van der Waals surface area contributed by atoms with Crippen molar-refractivity contribution in [1.29, 1.82) is 0 Å². The summed E-state index contributed by atoms with van der Waals surface area (Å²) in [4.78, 5) is 10.9. The number of hydrogen-bond donors (Lipinski definition) is 0. The van der Waals surface area contributed by atoms with E-state index in [-0.39, 0.29) is 11.3 Å². The molecule has 0 heterocycles. The first-order chi connectivity index (χ1) is 11.8. The molecule has 1 aliphatic carbocycles. The van der Waals surface area contributed by atoms with Gasteiger partial charge in [0.1, 0.15) is 5.82 Å². The Balaban J connectivity index is 2.38. The van der Waals surface area contributed by atoms with Gasteiger partial charge < -0.3 is 4.74 Å². The smallest absolute Gasteiger partial charge is 0.280 e. The molecule has 0 amide bonds. The average Bonchev–Trinajstić information content (AvgIpc) is 2.59. The summed E-state index contributed by atoms with van der Waals surface area (Å²) < 4.78 is 19.9. The Kier molecular flexibility index (Phi) is 6.33. The van der Waals surface area contributed by atoms with Crippen LogP contribution in [-0.2, 0) is 4.74 Å². The van der Waals surface area contributed by atoms with Crippen LogP contribution >= 0.6 is 0 Å². The number of nitro groups is 1. The van der Waals surface area contributed by atoms with Gasteiger partial charge >= 0.3 is 0 Å². The van der Waals surface area contributed by atoms with E-state index in [0.29, 0.717) is 23.5 Å². The summed E-state index contributed by atoms with van der Waals surface area (Å²) in [5.41, 5.74) is 1.78. The van der Waals surface area contributed by atoms with E-state index in [4.69, 9.17) is 4.74 Å². The lowest BCUT2D eigenvalue weighted by atomic mass is 9.74. The van der Waals surface area contributed by atoms with Crippen LogP contribution in [0, 0.1) is 28.8 Å². The molecule has 0 radical (unpaired) electrons. The lowest BCUT2D eigenvalue weighted by molar-refractivity contribution is -0.385. The highest BCUT2D eigenvalue weighted by molar-refractivity contribution is 5.76. The van der Waals surface area contributed by atoms with Crippen molar-refractivity contribution in [1.82, 2.24) is 0 Å². The molecule has 138 valence electrons. The molecule has 4 nitrogen and oxygen atoms in total.